The van der Waals surface area contributed by atoms with E-state index in [2.05, 4.69) is 25.7 Å². The van der Waals surface area contributed by atoms with E-state index in [1.54, 1.807) is 18.3 Å². The first-order chi connectivity index (χ1) is 8.60. The van der Waals surface area contributed by atoms with E-state index in [0.717, 1.165) is 6.42 Å². The lowest BCUT2D eigenvalue weighted by Gasteiger charge is -2.21. The summed E-state index contributed by atoms with van der Waals surface area (Å²) in [6, 6.07) is 3.35. The van der Waals surface area contributed by atoms with Gasteiger partial charge in [0.15, 0.2) is 0 Å². The third-order valence-corrected chi connectivity index (χ3v) is 2.95. The molecule has 5 nitrogen and oxygen atoms in total. The number of hydrogen-bond acceptors (Lipinski definition) is 4. The predicted molar refractivity (Wildman–Crippen MR) is 70.1 cm³/mol. The van der Waals surface area contributed by atoms with Gasteiger partial charge in [-0.25, -0.2) is 4.98 Å². The summed E-state index contributed by atoms with van der Waals surface area (Å²) in [6.07, 6.45) is 2.35. The van der Waals surface area contributed by atoms with E-state index in [0.29, 0.717) is 16.7 Å². The molecular formula is C12H15BrN2O3. The average molecular weight is 315 g/mol. The highest BCUT2D eigenvalue weighted by atomic mass is 79.9. The Labute approximate surface area is 114 Å². The highest BCUT2D eigenvalue weighted by molar-refractivity contribution is 9.10. The van der Waals surface area contributed by atoms with Crippen LogP contribution in [0.4, 0.5) is 0 Å². The molecule has 0 atom stereocenters. The van der Waals surface area contributed by atoms with Gasteiger partial charge < -0.3 is 9.64 Å². The summed E-state index contributed by atoms with van der Waals surface area (Å²) in [5, 5.41) is 0. The second kappa shape index (κ2) is 7.10. The number of esters is 1. The number of pyridine rings is 1. The molecule has 0 saturated carbocycles. The maximum atomic E-state index is 12.3. The van der Waals surface area contributed by atoms with Crippen LogP contribution >= 0.6 is 15.9 Å². The maximum Gasteiger partial charge on any atom is 0.325 e. The van der Waals surface area contributed by atoms with Crippen molar-refractivity contribution in [1.29, 1.82) is 0 Å². The van der Waals surface area contributed by atoms with E-state index in [-0.39, 0.29) is 12.5 Å². The van der Waals surface area contributed by atoms with Gasteiger partial charge in [0.05, 0.1) is 12.7 Å². The van der Waals surface area contributed by atoms with Crippen molar-refractivity contribution in [2.75, 3.05) is 20.2 Å². The molecule has 1 aromatic rings. The molecule has 1 heterocycles. The number of methoxy groups -OCH3 is 1. The summed E-state index contributed by atoms with van der Waals surface area (Å²) in [4.78, 5) is 29.0. The minimum atomic E-state index is -0.434. The van der Waals surface area contributed by atoms with Gasteiger partial charge in [-0.05, 0) is 34.5 Å². The van der Waals surface area contributed by atoms with Crippen LogP contribution in [0.25, 0.3) is 0 Å². The van der Waals surface area contributed by atoms with E-state index in [1.165, 1.54) is 12.0 Å². The number of rotatable bonds is 5. The van der Waals surface area contributed by atoms with Gasteiger partial charge in [0.25, 0.3) is 5.91 Å². The standard InChI is InChI=1S/C12H15BrN2O3/c1-3-7-15(8-10(16)18-2)12(17)9-5-4-6-14-11(9)13/h4-6H,3,7-8H2,1-2H3. The first kappa shape index (κ1) is 14.6. The highest BCUT2D eigenvalue weighted by Gasteiger charge is 2.20. The fraction of sp³-hybridized carbons (Fsp3) is 0.417. The smallest absolute Gasteiger partial charge is 0.325 e. The zero-order valence-corrected chi connectivity index (χ0v) is 11.9. The molecule has 0 unspecified atom stereocenters. The van der Waals surface area contributed by atoms with E-state index in [9.17, 15) is 9.59 Å². The zero-order chi connectivity index (χ0) is 13.5. The molecule has 0 N–H and O–H groups in total. The number of halogens is 1. The van der Waals surface area contributed by atoms with Crippen LogP contribution in [0.5, 0.6) is 0 Å². The Morgan fingerprint density at radius 2 is 2.22 bits per heavy atom. The molecule has 98 valence electrons. The molecule has 1 amide bonds. The summed E-state index contributed by atoms with van der Waals surface area (Å²) in [5.74, 6) is -0.668. The largest absolute Gasteiger partial charge is 0.468 e. The van der Waals surface area contributed by atoms with Crippen molar-refractivity contribution in [1.82, 2.24) is 9.88 Å². The molecular weight excluding hydrogens is 300 g/mol. The van der Waals surface area contributed by atoms with Gasteiger partial charge in [-0.1, -0.05) is 6.92 Å². The Morgan fingerprint density at radius 1 is 1.50 bits per heavy atom. The molecule has 0 saturated heterocycles. The highest BCUT2D eigenvalue weighted by Crippen LogP contribution is 2.15. The van der Waals surface area contributed by atoms with Gasteiger partial charge in [0.2, 0.25) is 0 Å². The molecule has 0 bridgehead atoms. The predicted octanol–water partition coefficient (Wildman–Crippen LogP) is 1.87. The average Bonchev–Trinajstić information content (AvgIpc) is 2.38. The third kappa shape index (κ3) is 3.80. The number of ether oxygens (including phenoxy) is 1. The molecule has 0 spiro atoms. The summed E-state index contributed by atoms with van der Waals surface area (Å²) in [6.45, 7) is 2.38. The number of carbonyl (C=O) groups excluding carboxylic acids is 2. The topological polar surface area (TPSA) is 59.5 Å². The molecule has 1 aromatic heterocycles. The summed E-state index contributed by atoms with van der Waals surface area (Å²) in [5.41, 5.74) is 0.440. The molecule has 0 aliphatic carbocycles. The normalized spacial score (nSPS) is 9.94. The van der Waals surface area contributed by atoms with Gasteiger partial charge in [0.1, 0.15) is 11.1 Å². The van der Waals surface area contributed by atoms with Gasteiger partial charge in [-0.15, -0.1) is 0 Å². The molecule has 0 aliphatic rings. The number of nitrogens with zero attached hydrogens (tertiary/aromatic N) is 2. The van der Waals surface area contributed by atoms with Crippen molar-refractivity contribution in [2.24, 2.45) is 0 Å². The van der Waals surface area contributed by atoms with Crippen molar-refractivity contribution >= 4 is 27.8 Å². The van der Waals surface area contributed by atoms with Crippen LogP contribution in [0.2, 0.25) is 0 Å². The molecule has 0 aromatic carbocycles. The number of amides is 1. The SMILES string of the molecule is CCCN(CC(=O)OC)C(=O)c1cccnc1Br. The summed E-state index contributed by atoms with van der Waals surface area (Å²) in [7, 11) is 1.30. The molecule has 0 fully saturated rings. The lowest BCUT2D eigenvalue weighted by Crippen LogP contribution is -2.37. The van der Waals surface area contributed by atoms with Crippen LogP contribution in [0.1, 0.15) is 23.7 Å². The van der Waals surface area contributed by atoms with Crippen LogP contribution in [-0.2, 0) is 9.53 Å². The fourth-order valence-corrected chi connectivity index (χ4v) is 1.88. The lowest BCUT2D eigenvalue weighted by atomic mass is 10.2. The molecule has 6 heteroatoms. The molecule has 18 heavy (non-hydrogen) atoms. The third-order valence-electron chi connectivity index (χ3n) is 2.32. The maximum absolute atomic E-state index is 12.3. The lowest BCUT2D eigenvalue weighted by molar-refractivity contribution is -0.141. The number of carbonyl (C=O) groups is 2. The first-order valence-electron chi connectivity index (χ1n) is 5.56. The Hall–Kier alpha value is -1.43. The van der Waals surface area contributed by atoms with Crippen molar-refractivity contribution in [3.63, 3.8) is 0 Å². The van der Waals surface area contributed by atoms with E-state index < -0.39 is 5.97 Å². The Kier molecular flexibility index (Phi) is 5.77. The van der Waals surface area contributed by atoms with Crippen LogP contribution in [0, 0.1) is 0 Å². The van der Waals surface area contributed by atoms with Crippen molar-refractivity contribution < 1.29 is 14.3 Å². The second-order valence-corrected chi connectivity index (χ2v) is 4.40. The Bertz CT molecular complexity index is 437. The quantitative estimate of drug-likeness (QED) is 0.615. The van der Waals surface area contributed by atoms with Gasteiger partial charge in [-0.2, -0.15) is 0 Å². The van der Waals surface area contributed by atoms with Crippen molar-refractivity contribution in [3.8, 4) is 0 Å². The summed E-state index contributed by atoms with van der Waals surface area (Å²) < 4.78 is 5.06. The Balaban J connectivity index is 2.89. The minimum Gasteiger partial charge on any atom is -0.468 e. The van der Waals surface area contributed by atoms with E-state index in [1.807, 2.05) is 6.92 Å². The monoisotopic (exact) mass is 314 g/mol. The molecule has 1 rings (SSSR count). The van der Waals surface area contributed by atoms with Crippen molar-refractivity contribution in [3.05, 3.63) is 28.5 Å². The Morgan fingerprint density at radius 3 is 2.78 bits per heavy atom. The van der Waals surface area contributed by atoms with Crippen LogP contribution in [-0.4, -0.2) is 42.0 Å². The van der Waals surface area contributed by atoms with E-state index >= 15 is 0 Å². The molecule has 0 aliphatic heterocycles. The van der Waals surface area contributed by atoms with E-state index in [4.69, 9.17) is 0 Å². The first-order valence-corrected chi connectivity index (χ1v) is 6.36. The van der Waals surface area contributed by atoms with Gasteiger partial charge in [0, 0.05) is 12.7 Å². The second-order valence-electron chi connectivity index (χ2n) is 3.64. The fourth-order valence-electron chi connectivity index (χ4n) is 1.46. The molecule has 0 radical (unpaired) electrons. The minimum absolute atomic E-state index is 0.0511. The number of aromatic nitrogens is 1. The van der Waals surface area contributed by atoms with Gasteiger partial charge in [-0.3, -0.25) is 9.59 Å². The van der Waals surface area contributed by atoms with Gasteiger partial charge >= 0.3 is 5.97 Å². The van der Waals surface area contributed by atoms with Crippen molar-refractivity contribution in [2.45, 2.75) is 13.3 Å². The number of hydrogen-bond donors (Lipinski definition) is 0. The van der Waals surface area contributed by atoms with Crippen LogP contribution in [0.15, 0.2) is 22.9 Å². The summed E-state index contributed by atoms with van der Waals surface area (Å²) >= 11 is 3.22. The zero-order valence-electron chi connectivity index (χ0n) is 10.4. The van der Waals surface area contributed by atoms with Crippen LogP contribution in [0.3, 0.4) is 0 Å². The van der Waals surface area contributed by atoms with Crippen LogP contribution < -0.4 is 0 Å².